The number of aliphatic hydroxyl groups is 1. The second-order valence-electron chi connectivity index (χ2n) is 5.48. The smallest absolute Gasteiger partial charge is 0.152 e. The summed E-state index contributed by atoms with van der Waals surface area (Å²) in [7, 11) is 0. The summed E-state index contributed by atoms with van der Waals surface area (Å²) in [6.45, 7) is 6.03. The Kier molecular flexibility index (Phi) is 6.02. The molecule has 2 aromatic rings. The largest absolute Gasteiger partial charge is 0.460 e. The van der Waals surface area contributed by atoms with Crippen LogP contribution in [0, 0.1) is 12.8 Å². The van der Waals surface area contributed by atoms with Crippen molar-refractivity contribution in [1.82, 2.24) is 15.5 Å². The lowest BCUT2D eigenvalue weighted by Crippen LogP contribution is -2.23. The van der Waals surface area contributed by atoms with Crippen molar-refractivity contribution in [1.29, 1.82) is 0 Å². The van der Waals surface area contributed by atoms with Gasteiger partial charge in [0.15, 0.2) is 5.76 Å². The second-order valence-corrected chi connectivity index (χ2v) is 5.48. The third-order valence-corrected chi connectivity index (χ3v) is 3.69. The van der Waals surface area contributed by atoms with Crippen molar-refractivity contribution in [2.45, 2.75) is 39.7 Å². The second kappa shape index (κ2) is 8.00. The molecule has 0 aliphatic rings. The molecule has 1 unspecified atom stereocenters. The van der Waals surface area contributed by atoms with Crippen LogP contribution >= 0.6 is 0 Å². The first kappa shape index (κ1) is 15.8. The van der Waals surface area contributed by atoms with E-state index >= 15 is 0 Å². The molecular formula is C16H25N3O2. The van der Waals surface area contributed by atoms with Crippen molar-refractivity contribution in [3.8, 4) is 11.5 Å². The van der Waals surface area contributed by atoms with E-state index < -0.39 is 0 Å². The molecule has 2 rings (SSSR count). The summed E-state index contributed by atoms with van der Waals surface area (Å²) in [6, 6.07) is 3.91. The average Bonchev–Trinajstić information content (AvgIpc) is 3.08. The summed E-state index contributed by atoms with van der Waals surface area (Å²) in [6.07, 6.45) is 4.98. The molecular weight excluding hydrogens is 266 g/mol. The van der Waals surface area contributed by atoms with Crippen LogP contribution in [0.5, 0.6) is 0 Å². The van der Waals surface area contributed by atoms with Gasteiger partial charge in [-0.05, 0) is 44.4 Å². The Morgan fingerprint density at radius 3 is 2.90 bits per heavy atom. The van der Waals surface area contributed by atoms with Gasteiger partial charge in [-0.15, -0.1) is 0 Å². The molecule has 0 bridgehead atoms. The maximum Gasteiger partial charge on any atom is 0.152 e. The van der Waals surface area contributed by atoms with E-state index in [1.54, 1.807) is 0 Å². The molecule has 0 amide bonds. The van der Waals surface area contributed by atoms with E-state index in [4.69, 9.17) is 9.52 Å². The lowest BCUT2D eigenvalue weighted by Gasteiger charge is -2.15. The van der Waals surface area contributed by atoms with Gasteiger partial charge >= 0.3 is 0 Å². The van der Waals surface area contributed by atoms with Gasteiger partial charge in [0.2, 0.25) is 0 Å². The molecule has 0 aliphatic heterocycles. The van der Waals surface area contributed by atoms with Crippen LogP contribution in [0.15, 0.2) is 22.7 Å². The standard InChI is InChI=1S/C16H25N3O2/c1-3-4-13(7-8-20)9-17-10-14-11-18-19-16(14)15-6-5-12(2)21-15/h5-6,11,13,17,20H,3-4,7-10H2,1-2H3,(H,18,19). The van der Waals surface area contributed by atoms with E-state index in [9.17, 15) is 0 Å². The highest BCUT2D eigenvalue weighted by atomic mass is 16.3. The van der Waals surface area contributed by atoms with Crippen molar-refractivity contribution < 1.29 is 9.52 Å². The number of nitrogens with zero attached hydrogens (tertiary/aromatic N) is 1. The summed E-state index contributed by atoms with van der Waals surface area (Å²) in [5, 5.41) is 19.7. The van der Waals surface area contributed by atoms with Crippen LogP contribution in [-0.4, -0.2) is 28.5 Å². The molecule has 21 heavy (non-hydrogen) atoms. The van der Waals surface area contributed by atoms with Gasteiger partial charge in [-0.25, -0.2) is 0 Å². The molecule has 1 atom stereocenters. The van der Waals surface area contributed by atoms with E-state index in [-0.39, 0.29) is 6.61 Å². The van der Waals surface area contributed by atoms with E-state index in [1.807, 2.05) is 25.3 Å². The Morgan fingerprint density at radius 1 is 1.38 bits per heavy atom. The fourth-order valence-electron chi connectivity index (χ4n) is 2.58. The fraction of sp³-hybridized carbons (Fsp3) is 0.562. The molecule has 0 aromatic carbocycles. The third kappa shape index (κ3) is 4.44. The normalized spacial score (nSPS) is 12.7. The van der Waals surface area contributed by atoms with Crippen molar-refractivity contribution >= 4 is 0 Å². The molecule has 116 valence electrons. The number of hydrogen-bond donors (Lipinski definition) is 3. The Balaban J connectivity index is 1.90. The number of hydrogen-bond acceptors (Lipinski definition) is 4. The van der Waals surface area contributed by atoms with Crippen LogP contribution in [0.25, 0.3) is 11.5 Å². The summed E-state index contributed by atoms with van der Waals surface area (Å²) in [5.74, 6) is 2.24. The summed E-state index contributed by atoms with van der Waals surface area (Å²) < 4.78 is 5.64. The van der Waals surface area contributed by atoms with Crippen molar-refractivity contribution in [3.05, 3.63) is 29.7 Å². The van der Waals surface area contributed by atoms with Crippen LogP contribution in [0.1, 0.15) is 37.5 Å². The van der Waals surface area contributed by atoms with E-state index in [2.05, 4.69) is 22.4 Å². The van der Waals surface area contributed by atoms with Gasteiger partial charge in [0.05, 0.1) is 6.20 Å². The quantitative estimate of drug-likeness (QED) is 0.664. The Bertz CT molecular complexity index is 527. The monoisotopic (exact) mass is 291 g/mol. The summed E-state index contributed by atoms with van der Waals surface area (Å²) in [5.41, 5.74) is 2.04. The molecule has 5 heteroatoms. The lowest BCUT2D eigenvalue weighted by atomic mass is 10.0. The molecule has 0 radical (unpaired) electrons. The summed E-state index contributed by atoms with van der Waals surface area (Å²) in [4.78, 5) is 0. The number of nitrogens with one attached hydrogen (secondary N) is 2. The third-order valence-electron chi connectivity index (χ3n) is 3.69. The highest BCUT2D eigenvalue weighted by Crippen LogP contribution is 2.23. The van der Waals surface area contributed by atoms with E-state index in [1.165, 1.54) is 0 Å². The van der Waals surface area contributed by atoms with E-state index in [0.29, 0.717) is 5.92 Å². The van der Waals surface area contributed by atoms with Gasteiger partial charge in [-0.1, -0.05) is 13.3 Å². The van der Waals surface area contributed by atoms with Crippen molar-refractivity contribution in [2.75, 3.05) is 13.2 Å². The van der Waals surface area contributed by atoms with Crippen LogP contribution in [0.4, 0.5) is 0 Å². The average molecular weight is 291 g/mol. The first-order chi connectivity index (χ1) is 10.2. The zero-order valence-corrected chi connectivity index (χ0v) is 12.9. The minimum absolute atomic E-state index is 0.259. The minimum Gasteiger partial charge on any atom is -0.460 e. The lowest BCUT2D eigenvalue weighted by molar-refractivity contribution is 0.248. The van der Waals surface area contributed by atoms with E-state index in [0.717, 1.165) is 55.1 Å². The molecule has 2 heterocycles. The number of H-pyrrole nitrogens is 1. The number of aryl methyl sites for hydroxylation is 1. The fourth-order valence-corrected chi connectivity index (χ4v) is 2.58. The van der Waals surface area contributed by atoms with Crippen LogP contribution in [-0.2, 0) is 6.54 Å². The first-order valence-electron chi connectivity index (χ1n) is 7.65. The predicted molar refractivity (Wildman–Crippen MR) is 82.8 cm³/mol. The molecule has 0 saturated carbocycles. The van der Waals surface area contributed by atoms with Crippen LogP contribution < -0.4 is 5.32 Å². The van der Waals surface area contributed by atoms with Gasteiger partial charge in [-0.2, -0.15) is 5.10 Å². The number of aromatic amines is 1. The van der Waals surface area contributed by atoms with Crippen LogP contribution in [0.3, 0.4) is 0 Å². The Labute approximate surface area is 125 Å². The predicted octanol–water partition coefficient (Wildman–Crippen LogP) is 2.87. The zero-order chi connectivity index (χ0) is 15.1. The molecule has 3 N–H and O–H groups in total. The summed E-state index contributed by atoms with van der Waals surface area (Å²) >= 11 is 0. The van der Waals surface area contributed by atoms with Crippen molar-refractivity contribution in [2.24, 2.45) is 5.92 Å². The molecule has 0 saturated heterocycles. The highest BCUT2D eigenvalue weighted by Gasteiger charge is 2.12. The van der Waals surface area contributed by atoms with Gasteiger partial charge in [0.25, 0.3) is 0 Å². The molecule has 2 aromatic heterocycles. The highest BCUT2D eigenvalue weighted by molar-refractivity contribution is 5.56. The Morgan fingerprint density at radius 2 is 2.24 bits per heavy atom. The number of aliphatic hydroxyl groups excluding tert-OH is 1. The van der Waals surface area contributed by atoms with Gasteiger partial charge in [-0.3, -0.25) is 5.10 Å². The molecule has 0 spiro atoms. The molecule has 0 fully saturated rings. The molecule has 0 aliphatic carbocycles. The minimum atomic E-state index is 0.259. The first-order valence-corrected chi connectivity index (χ1v) is 7.65. The van der Waals surface area contributed by atoms with Gasteiger partial charge in [0.1, 0.15) is 11.5 Å². The number of furan rings is 1. The zero-order valence-electron chi connectivity index (χ0n) is 12.9. The SMILES string of the molecule is CCCC(CCO)CNCc1cn[nH]c1-c1ccc(C)o1. The van der Waals surface area contributed by atoms with Gasteiger partial charge < -0.3 is 14.8 Å². The maximum absolute atomic E-state index is 9.09. The molecule has 5 nitrogen and oxygen atoms in total. The van der Waals surface area contributed by atoms with Crippen LogP contribution in [0.2, 0.25) is 0 Å². The van der Waals surface area contributed by atoms with Gasteiger partial charge in [0, 0.05) is 18.7 Å². The number of rotatable bonds is 9. The maximum atomic E-state index is 9.09. The number of aromatic nitrogens is 2. The van der Waals surface area contributed by atoms with Crippen molar-refractivity contribution in [3.63, 3.8) is 0 Å². The Hall–Kier alpha value is -1.59. The topological polar surface area (TPSA) is 74.1 Å².